The molecular weight excluding hydrogens is 376 g/mol. The Balaban J connectivity index is 2.10. The molecule has 0 aliphatic rings. The van der Waals surface area contributed by atoms with Crippen LogP contribution in [-0.4, -0.2) is 29.0 Å². The molecule has 3 N–H and O–H groups in total. The molecule has 0 aliphatic carbocycles. The standard InChI is InChI=1S/C17H22N2O5S2/c1-13-4-8-16(9-5-13)26(22,23)24-12-17(2,3)19-25(20,21)15-10-6-14(18)7-11-15/h4-11,19H,12,18H2,1-3H3. The van der Waals surface area contributed by atoms with Gasteiger partial charge < -0.3 is 5.73 Å². The van der Waals surface area contributed by atoms with E-state index in [9.17, 15) is 16.8 Å². The zero-order valence-corrected chi connectivity index (χ0v) is 16.4. The van der Waals surface area contributed by atoms with Gasteiger partial charge in [0.05, 0.1) is 21.9 Å². The van der Waals surface area contributed by atoms with Gasteiger partial charge in [-0.3, -0.25) is 4.18 Å². The average Bonchev–Trinajstić information content (AvgIpc) is 2.53. The number of hydrogen-bond acceptors (Lipinski definition) is 6. The van der Waals surface area contributed by atoms with Crippen LogP contribution < -0.4 is 10.5 Å². The Morgan fingerprint density at radius 3 is 1.96 bits per heavy atom. The molecule has 0 saturated carbocycles. The SMILES string of the molecule is Cc1ccc(S(=O)(=O)OCC(C)(C)NS(=O)(=O)c2ccc(N)cc2)cc1. The van der Waals surface area contributed by atoms with Crippen LogP contribution in [0.3, 0.4) is 0 Å². The summed E-state index contributed by atoms with van der Waals surface area (Å²) in [7, 11) is -7.84. The van der Waals surface area contributed by atoms with Crippen molar-refractivity contribution in [3.8, 4) is 0 Å². The van der Waals surface area contributed by atoms with Gasteiger partial charge in [0.25, 0.3) is 10.1 Å². The van der Waals surface area contributed by atoms with Crippen molar-refractivity contribution in [2.24, 2.45) is 0 Å². The van der Waals surface area contributed by atoms with Crippen LogP contribution in [0.15, 0.2) is 58.3 Å². The van der Waals surface area contributed by atoms with Gasteiger partial charge in [-0.05, 0) is 57.2 Å². The number of nitrogen functional groups attached to an aromatic ring is 1. The Morgan fingerprint density at radius 1 is 0.923 bits per heavy atom. The molecule has 142 valence electrons. The number of anilines is 1. The first kappa shape index (κ1) is 20.4. The van der Waals surface area contributed by atoms with E-state index in [0.29, 0.717) is 5.69 Å². The van der Waals surface area contributed by atoms with E-state index in [1.165, 1.54) is 50.2 Å². The molecule has 0 atom stereocenters. The third-order valence-electron chi connectivity index (χ3n) is 3.49. The maximum Gasteiger partial charge on any atom is 0.297 e. The molecule has 0 unspecified atom stereocenters. The topological polar surface area (TPSA) is 116 Å². The maximum absolute atomic E-state index is 12.4. The number of aryl methyl sites for hydroxylation is 1. The highest BCUT2D eigenvalue weighted by Gasteiger charge is 2.29. The monoisotopic (exact) mass is 398 g/mol. The van der Waals surface area contributed by atoms with Gasteiger partial charge >= 0.3 is 0 Å². The third-order valence-corrected chi connectivity index (χ3v) is 6.48. The Bertz CT molecular complexity index is 965. The zero-order valence-electron chi connectivity index (χ0n) is 14.8. The van der Waals surface area contributed by atoms with Gasteiger partial charge in [0.2, 0.25) is 10.0 Å². The average molecular weight is 399 g/mol. The molecule has 0 heterocycles. The van der Waals surface area contributed by atoms with Crippen LogP contribution in [-0.2, 0) is 24.3 Å². The molecule has 0 aromatic heterocycles. The Morgan fingerprint density at radius 2 is 1.42 bits per heavy atom. The highest BCUT2D eigenvalue weighted by molar-refractivity contribution is 7.89. The lowest BCUT2D eigenvalue weighted by molar-refractivity contribution is 0.234. The first-order valence-corrected chi connectivity index (χ1v) is 10.7. The molecule has 2 rings (SSSR count). The van der Waals surface area contributed by atoms with Gasteiger partial charge in [-0.15, -0.1) is 0 Å². The Hall–Kier alpha value is -1.94. The molecule has 2 aromatic carbocycles. The van der Waals surface area contributed by atoms with E-state index >= 15 is 0 Å². The number of sulfonamides is 1. The molecule has 0 aliphatic heterocycles. The van der Waals surface area contributed by atoms with Crippen molar-refractivity contribution in [1.82, 2.24) is 4.72 Å². The molecule has 9 heteroatoms. The third kappa shape index (κ3) is 5.28. The van der Waals surface area contributed by atoms with E-state index < -0.39 is 25.7 Å². The van der Waals surface area contributed by atoms with E-state index in [4.69, 9.17) is 9.92 Å². The minimum absolute atomic E-state index is 0.0142. The van der Waals surface area contributed by atoms with Gasteiger partial charge in [0.1, 0.15) is 0 Å². The van der Waals surface area contributed by atoms with Crippen molar-refractivity contribution < 1.29 is 21.0 Å². The summed E-state index contributed by atoms with van der Waals surface area (Å²) in [5.41, 5.74) is 5.76. The summed E-state index contributed by atoms with van der Waals surface area (Å²) < 4.78 is 56.9. The van der Waals surface area contributed by atoms with Crippen LogP contribution in [0.4, 0.5) is 5.69 Å². The smallest absolute Gasteiger partial charge is 0.297 e. The number of nitrogens with one attached hydrogen (secondary N) is 1. The first-order valence-electron chi connectivity index (χ1n) is 7.77. The van der Waals surface area contributed by atoms with Crippen molar-refractivity contribution in [2.45, 2.75) is 36.1 Å². The number of rotatable bonds is 7. The fourth-order valence-corrected chi connectivity index (χ4v) is 4.55. The largest absolute Gasteiger partial charge is 0.399 e. The highest BCUT2D eigenvalue weighted by atomic mass is 32.2. The second kappa shape index (κ2) is 7.36. The molecular formula is C17H22N2O5S2. The van der Waals surface area contributed by atoms with Crippen molar-refractivity contribution in [2.75, 3.05) is 12.3 Å². The normalized spacial score (nSPS) is 12.9. The number of benzene rings is 2. The molecule has 0 amide bonds. The van der Waals surface area contributed by atoms with Gasteiger partial charge in [-0.1, -0.05) is 17.7 Å². The lowest BCUT2D eigenvalue weighted by atomic mass is 10.1. The van der Waals surface area contributed by atoms with Crippen molar-refractivity contribution in [3.05, 3.63) is 54.1 Å². The zero-order chi connectivity index (χ0) is 19.6. The predicted octanol–water partition coefficient (Wildman–Crippen LogP) is 2.04. The second-order valence-corrected chi connectivity index (χ2v) is 9.89. The molecule has 0 bridgehead atoms. The fourth-order valence-electron chi connectivity index (χ4n) is 2.10. The van der Waals surface area contributed by atoms with Crippen molar-refractivity contribution in [3.63, 3.8) is 0 Å². The van der Waals surface area contributed by atoms with E-state index in [2.05, 4.69) is 4.72 Å². The number of nitrogens with two attached hydrogens (primary N) is 1. The molecule has 0 spiro atoms. The van der Waals surface area contributed by atoms with Crippen LogP contribution >= 0.6 is 0 Å². The minimum Gasteiger partial charge on any atom is -0.399 e. The number of hydrogen-bond donors (Lipinski definition) is 2. The molecule has 7 nitrogen and oxygen atoms in total. The second-order valence-electron chi connectivity index (χ2n) is 6.59. The van der Waals surface area contributed by atoms with Crippen molar-refractivity contribution >= 4 is 25.8 Å². The van der Waals surface area contributed by atoms with Crippen LogP contribution in [0.25, 0.3) is 0 Å². The summed E-state index contributed by atoms with van der Waals surface area (Å²) in [6.45, 7) is 4.54. The van der Waals surface area contributed by atoms with Gasteiger partial charge in [0, 0.05) is 5.69 Å². The quantitative estimate of drug-likeness (QED) is 0.545. The van der Waals surface area contributed by atoms with Crippen LogP contribution in [0.2, 0.25) is 0 Å². The van der Waals surface area contributed by atoms with E-state index in [-0.39, 0.29) is 16.4 Å². The van der Waals surface area contributed by atoms with Crippen molar-refractivity contribution in [1.29, 1.82) is 0 Å². The molecule has 0 saturated heterocycles. The van der Waals surface area contributed by atoms with E-state index in [0.717, 1.165) is 5.56 Å². The summed E-state index contributed by atoms with van der Waals surface area (Å²) in [5, 5.41) is 0. The minimum atomic E-state index is -3.99. The lowest BCUT2D eigenvalue weighted by Crippen LogP contribution is -2.47. The van der Waals surface area contributed by atoms with Crippen LogP contribution in [0.1, 0.15) is 19.4 Å². The van der Waals surface area contributed by atoms with Gasteiger partial charge in [-0.2, -0.15) is 8.42 Å². The predicted molar refractivity (Wildman–Crippen MR) is 99.6 cm³/mol. The summed E-state index contributed by atoms with van der Waals surface area (Å²) in [4.78, 5) is 0.0430. The summed E-state index contributed by atoms with van der Waals surface area (Å²) in [6, 6.07) is 11.9. The maximum atomic E-state index is 12.4. The van der Waals surface area contributed by atoms with Gasteiger partial charge in [0.15, 0.2) is 0 Å². The molecule has 0 radical (unpaired) electrons. The molecule has 0 fully saturated rings. The molecule has 26 heavy (non-hydrogen) atoms. The van der Waals surface area contributed by atoms with Gasteiger partial charge in [-0.25, -0.2) is 13.1 Å². The molecule has 2 aromatic rings. The van der Waals surface area contributed by atoms with E-state index in [1.807, 2.05) is 6.92 Å². The summed E-state index contributed by atoms with van der Waals surface area (Å²) in [5.74, 6) is 0. The Labute approximate surface area is 154 Å². The highest BCUT2D eigenvalue weighted by Crippen LogP contribution is 2.18. The fraction of sp³-hybridized carbons (Fsp3) is 0.294. The lowest BCUT2D eigenvalue weighted by Gasteiger charge is -2.25. The Kier molecular flexibility index (Phi) is 5.76. The first-order chi connectivity index (χ1) is 11.9. The van der Waals surface area contributed by atoms with Crippen LogP contribution in [0, 0.1) is 6.92 Å². The van der Waals surface area contributed by atoms with Crippen LogP contribution in [0.5, 0.6) is 0 Å². The van der Waals surface area contributed by atoms with E-state index in [1.54, 1.807) is 12.1 Å². The summed E-state index contributed by atoms with van der Waals surface area (Å²) in [6.07, 6.45) is 0. The summed E-state index contributed by atoms with van der Waals surface area (Å²) >= 11 is 0.